The number of aliphatic hydroxyl groups is 1. The molecule has 2 aliphatic heterocycles. The third-order valence-corrected chi connectivity index (χ3v) is 6.94. The largest absolute Gasteiger partial charge is 0.461 e. The highest BCUT2D eigenvalue weighted by molar-refractivity contribution is 5.96. The smallest absolute Gasteiger partial charge is 0.246 e. The Kier molecular flexibility index (Phi) is 6.40. The summed E-state index contributed by atoms with van der Waals surface area (Å²) in [5.41, 5.74) is 3.58. The molecule has 35 heavy (non-hydrogen) atoms. The van der Waals surface area contributed by atoms with E-state index in [1.54, 1.807) is 30.3 Å². The van der Waals surface area contributed by atoms with Crippen molar-refractivity contribution in [3.05, 3.63) is 65.1 Å². The number of carbonyl (C=O) groups excluding carboxylic acids is 2. The van der Waals surface area contributed by atoms with Gasteiger partial charge < -0.3 is 19.7 Å². The molecule has 0 radical (unpaired) electrons. The first-order valence-corrected chi connectivity index (χ1v) is 12.0. The standard InChI is InChI=1S/C27H30N4O4/c1-17-22(21-5-3-4-6-24(21)35-17)16-30(2)25(33)10-7-18-13-19-8-9-23(31-12-11-20(32)15-31)27(34)29-26(19)28-14-18/h3-7,10,13-14,20,23,32H,8-9,11-12,15-16H2,1-2H3,(H,28,29,34)/b10-7+. The highest BCUT2D eigenvalue weighted by atomic mass is 16.3. The second kappa shape index (κ2) is 9.64. The Morgan fingerprint density at radius 3 is 2.97 bits per heavy atom. The number of hydrogen-bond acceptors (Lipinski definition) is 6. The van der Waals surface area contributed by atoms with Gasteiger partial charge in [0.1, 0.15) is 17.2 Å². The molecule has 2 N–H and O–H groups in total. The lowest BCUT2D eigenvalue weighted by Gasteiger charge is -2.24. The third-order valence-electron chi connectivity index (χ3n) is 6.94. The zero-order valence-corrected chi connectivity index (χ0v) is 20.0. The Bertz CT molecular complexity index is 1300. The quantitative estimate of drug-likeness (QED) is 0.552. The number of likely N-dealkylation sites (tertiary alicyclic amines) is 1. The fourth-order valence-corrected chi connectivity index (χ4v) is 4.97. The van der Waals surface area contributed by atoms with Crippen LogP contribution in [0.4, 0.5) is 5.82 Å². The monoisotopic (exact) mass is 474 g/mol. The number of para-hydroxylation sites is 1. The van der Waals surface area contributed by atoms with Gasteiger partial charge in [0.05, 0.1) is 12.1 Å². The van der Waals surface area contributed by atoms with Gasteiger partial charge in [0.25, 0.3) is 0 Å². The molecule has 0 aliphatic carbocycles. The number of aromatic nitrogens is 1. The number of nitrogens with zero attached hydrogens (tertiary/aromatic N) is 3. The molecule has 2 unspecified atom stereocenters. The third kappa shape index (κ3) is 4.85. The van der Waals surface area contributed by atoms with Crippen LogP contribution in [0.3, 0.4) is 0 Å². The number of nitrogens with one attached hydrogen (secondary N) is 1. The first-order chi connectivity index (χ1) is 16.9. The Morgan fingerprint density at radius 2 is 2.17 bits per heavy atom. The highest BCUT2D eigenvalue weighted by Gasteiger charge is 2.33. The normalized spacial score (nSPS) is 20.7. The van der Waals surface area contributed by atoms with Gasteiger partial charge in [0.15, 0.2) is 0 Å². The van der Waals surface area contributed by atoms with E-state index in [2.05, 4.69) is 10.3 Å². The van der Waals surface area contributed by atoms with Crippen LogP contribution in [0, 0.1) is 6.92 Å². The Hall–Kier alpha value is -3.49. The van der Waals surface area contributed by atoms with Crippen LogP contribution in [0.15, 0.2) is 47.0 Å². The zero-order valence-electron chi connectivity index (χ0n) is 20.0. The second-order valence-electron chi connectivity index (χ2n) is 9.42. The number of pyridine rings is 1. The van der Waals surface area contributed by atoms with Crippen molar-refractivity contribution in [2.24, 2.45) is 0 Å². The molecule has 5 rings (SSSR count). The number of amides is 2. The number of carbonyl (C=O) groups is 2. The molecular formula is C27H30N4O4. The van der Waals surface area contributed by atoms with Gasteiger partial charge >= 0.3 is 0 Å². The number of rotatable bonds is 5. The van der Waals surface area contributed by atoms with E-state index in [1.807, 2.05) is 42.2 Å². The van der Waals surface area contributed by atoms with Crippen molar-refractivity contribution in [3.63, 3.8) is 0 Å². The SMILES string of the molecule is Cc1oc2ccccc2c1CN(C)C(=O)/C=C/c1cnc2c(c1)CCC(N1CCC(O)C1)C(=O)N2. The minimum atomic E-state index is -0.366. The van der Waals surface area contributed by atoms with Gasteiger partial charge in [-0.25, -0.2) is 4.98 Å². The summed E-state index contributed by atoms with van der Waals surface area (Å²) in [7, 11) is 1.77. The number of hydrogen-bond donors (Lipinski definition) is 2. The van der Waals surface area contributed by atoms with Crippen molar-refractivity contribution in [1.29, 1.82) is 0 Å². The lowest BCUT2D eigenvalue weighted by atomic mass is 10.0. The predicted octanol–water partition coefficient (Wildman–Crippen LogP) is 3.13. The van der Waals surface area contributed by atoms with E-state index < -0.39 is 0 Å². The number of likely N-dealkylation sites (N-methyl/N-ethyl adjacent to an activating group) is 1. The minimum absolute atomic E-state index is 0.0764. The van der Waals surface area contributed by atoms with Crippen LogP contribution in [-0.4, -0.2) is 64.0 Å². The summed E-state index contributed by atoms with van der Waals surface area (Å²) in [5.74, 6) is 1.19. The number of furan rings is 1. The van der Waals surface area contributed by atoms with Crippen LogP contribution in [0.5, 0.6) is 0 Å². The molecule has 2 aliphatic rings. The number of benzene rings is 1. The molecule has 1 fully saturated rings. The molecule has 0 saturated carbocycles. The van der Waals surface area contributed by atoms with E-state index >= 15 is 0 Å². The number of β-amino-alcohol motifs (C(OH)–C–C–N with tert-alkyl or cyclic N) is 1. The number of anilines is 1. The summed E-state index contributed by atoms with van der Waals surface area (Å²) in [5, 5.41) is 13.8. The van der Waals surface area contributed by atoms with Gasteiger partial charge in [-0.05, 0) is 55.5 Å². The molecule has 4 heterocycles. The van der Waals surface area contributed by atoms with Crippen LogP contribution >= 0.6 is 0 Å². The van der Waals surface area contributed by atoms with Crippen LogP contribution in [-0.2, 0) is 22.6 Å². The van der Waals surface area contributed by atoms with E-state index in [9.17, 15) is 14.7 Å². The van der Waals surface area contributed by atoms with Gasteiger partial charge in [-0.2, -0.15) is 0 Å². The summed E-state index contributed by atoms with van der Waals surface area (Å²) in [4.78, 5) is 33.7. The first kappa shape index (κ1) is 23.3. The Balaban J connectivity index is 1.25. The number of aryl methyl sites for hydroxylation is 2. The molecule has 2 atom stereocenters. The van der Waals surface area contributed by atoms with E-state index in [0.29, 0.717) is 38.2 Å². The molecule has 0 bridgehead atoms. The van der Waals surface area contributed by atoms with E-state index in [0.717, 1.165) is 40.0 Å². The van der Waals surface area contributed by atoms with Crippen molar-refractivity contribution in [1.82, 2.24) is 14.8 Å². The molecule has 2 amide bonds. The van der Waals surface area contributed by atoms with Gasteiger partial charge in [-0.1, -0.05) is 18.2 Å². The van der Waals surface area contributed by atoms with Gasteiger partial charge in [0.2, 0.25) is 11.8 Å². The predicted molar refractivity (Wildman–Crippen MR) is 134 cm³/mol. The summed E-state index contributed by atoms with van der Waals surface area (Å²) >= 11 is 0. The molecule has 1 saturated heterocycles. The summed E-state index contributed by atoms with van der Waals surface area (Å²) in [6.07, 6.45) is 6.66. The van der Waals surface area contributed by atoms with Crippen molar-refractivity contribution < 1.29 is 19.1 Å². The lowest BCUT2D eigenvalue weighted by Crippen LogP contribution is -2.42. The van der Waals surface area contributed by atoms with E-state index in [4.69, 9.17) is 4.42 Å². The molecule has 8 nitrogen and oxygen atoms in total. The maximum absolute atomic E-state index is 12.8. The molecule has 8 heteroatoms. The number of aliphatic hydroxyl groups excluding tert-OH is 1. The fourth-order valence-electron chi connectivity index (χ4n) is 4.97. The minimum Gasteiger partial charge on any atom is -0.461 e. The maximum Gasteiger partial charge on any atom is 0.246 e. The molecular weight excluding hydrogens is 444 g/mol. The lowest BCUT2D eigenvalue weighted by molar-refractivity contribution is -0.125. The van der Waals surface area contributed by atoms with Gasteiger partial charge in [-0.15, -0.1) is 0 Å². The molecule has 182 valence electrons. The topological polar surface area (TPSA) is 98.9 Å². The Morgan fingerprint density at radius 1 is 1.34 bits per heavy atom. The first-order valence-electron chi connectivity index (χ1n) is 12.0. The average Bonchev–Trinajstić information content (AvgIpc) is 3.36. The zero-order chi connectivity index (χ0) is 24.5. The molecule has 2 aromatic heterocycles. The van der Waals surface area contributed by atoms with Crippen LogP contribution < -0.4 is 5.32 Å². The van der Waals surface area contributed by atoms with E-state index in [1.165, 1.54) is 0 Å². The second-order valence-corrected chi connectivity index (χ2v) is 9.42. The average molecular weight is 475 g/mol. The van der Waals surface area contributed by atoms with Crippen molar-refractivity contribution >= 4 is 34.7 Å². The van der Waals surface area contributed by atoms with Gasteiger partial charge in [0, 0.05) is 49.9 Å². The van der Waals surface area contributed by atoms with Crippen molar-refractivity contribution in [2.75, 3.05) is 25.5 Å². The number of fused-ring (bicyclic) bond motifs is 2. The maximum atomic E-state index is 12.8. The molecule has 3 aromatic rings. The van der Waals surface area contributed by atoms with Crippen LogP contribution in [0.2, 0.25) is 0 Å². The van der Waals surface area contributed by atoms with Crippen LogP contribution in [0.1, 0.15) is 35.3 Å². The molecule has 0 spiro atoms. The van der Waals surface area contributed by atoms with Crippen molar-refractivity contribution in [2.45, 2.75) is 44.9 Å². The van der Waals surface area contributed by atoms with E-state index in [-0.39, 0.29) is 24.0 Å². The summed E-state index contributed by atoms with van der Waals surface area (Å²) in [6.45, 7) is 3.62. The summed E-state index contributed by atoms with van der Waals surface area (Å²) in [6, 6.07) is 9.54. The Labute approximate surface area is 204 Å². The molecule has 1 aromatic carbocycles. The highest BCUT2D eigenvalue weighted by Crippen LogP contribution is 2.27. The van der Waals surface area contributed by atoms with Crippen LogP contribution in [0.25, 0.3) is 17.0 Å². The van der Waals surface area contributed by atoms with Crippen molar-refractivity contribution in [3.8, 4) is 0 Å². The van der Waals surface area contributed by atoms with Gasteiger partial charge in [-0.3, -0.25) is 14.5 Å². The fraction of sp³-hybridized carbons (Fsp3) is 0.370. The summed E-state index contributed by atoms with van der Waals surface area (Å²) < 4.78 is 5.82.